The Labute approximate surface area is 109 Å². The fourth-order valence-corrected chi connectivity index (χ4v) is 2.36. The monoisotopic (exact) mass is 249 g/mol. The van der Waals surface area contributed by atoms with Crippen molar-refractivity contribution >= 4 is 11.8 Å². The minimum Gasteiger partial charge on any atom is -0.368 e. The Morgan fingerprint density at radius 2 is 2.33 bits per heavy atom. The van der Waals surface area contributed by atoms with Crippen molar-refractivity contribution < 1.29 is 0 Å². The number of rotatable bonds is 5. The van der Waals surface area contributed by atoms with E-state index in [1.807, 2.05) is 7.05 Å². The highest BCUT2D eigenvalue weighted by atomic mass is 15.2. The van der Waals surface area contributed by atoms with Crippen LogP contribution < -0.4 is 16.0 Å². The SMILES string of the molecule is CCCCc1cc(N2CC[C@@H](NC)C2)nc(N)n1. The third kappa shape index (κ3) is 3.10. The molecular weight excluding hydrogens is 226 g/mol. The molecule has 0 saturated carbocycles. The molecule has 0 aromatic carbocycles. The average Bonchev–Trinajstić information content (AvgIpc) is 2.84. The molecule has 5 nitrogen and oxygen atoms in total. The zero-order chi connectivity index (χ0) is 13.0. The van der Waals surface area contributed by atoms with Crippen LogP contribution >= 0.6 is 0 Å². The van der Waals surface area contributed by atoms with Crippen molar-refractivity contribution in [3.05, 3.63) is 11.8 Å². The summed E-state index contributed by atoms with van der Waals surface area (Å²) in [6, 6.07) is 2.64. The van der Waals surface area contributed by atoms with Crippen LogP contribution in [0, 0.1) is 0 Å². The van der Waals surface area contributed by atoms with Gasteiger partial charge >= 0.3 is 0 Å². The Morgan fingerprint density at radius 3 is 3.00 bits per heavy atom. The lowest BCUT2D eigenvalue weighted by atomic mass is 10.2. The minimum absolute atomic E-state index is 0.395. The third-order valence-electron chi connectivity index (χ3n) is 3.49. The molecular formula is C13H23N5. The molecule has 1 atom stereocenters. The van der Waals surface area contributed by atoms with Crippen molar-refractivity contribution in [1.29, 1.82) is 0 Å². The Kier molecular flexibility index (Phi) is 4.36. The van der Waals surface area contributed by atoms with Crippen LogP contribution in [0.25, 0.3) is 0 Å². The Bertz CT molecular complexity index is 393. The van der Waals surface area contributed by atoms with Gasteiger partial charge in [-0.15, -0.1) is 0 Å². The summed E-state index contributed by atoms with van der Waals surface area (Å²) in [5.74, 6) is 1.37. The molecule has 0 unspecified atom stereocenters. The van der Waals surface area contributed by atoms with Gasteiger partial charge < -0.3 is 16.0 Å². The van der Waals surface area contributed by atoms with Gasteiger partial charge in [-0.05, 0) is 26.3 Å². The van der Waals surface area contributed by atoms with Crippen LogP contribution in [0.3, 0.4) is 0 Å². The van der Waals surface area contributed by atoms with Gasteiger partial charge in [-0.25, -0.2) is 4.98 Å². The van der Waals surface area contributed by atoms with Crippen LogP contribution in [0.15, 0.2) is 6.07 Å². The van der Waals surface area contributed by atoms with Gasteiger partial charge in [0.1, 0.15) is 5.82 Å². The number of hydrogen-bond donors (Lipinski definition) is 2. The lowest BCUT2D eigenvalue weighted by Gasteiger charge is -2.18. The highest BCUT2D eigenvalue weighted by molar-refractivity contribution is 5.44. The van der Waals surface area contributed by atoms with Crippen molar-refractivity contribution in [1.82, 2.24) is 15.3 Å². The summed E-state index contributed by atoms with van der Waals surface area (Å²) in [4.78, 5) is 11.0. The molecule has 18 heavy (non-hydrogen) atoms. The van der Waals surface area contributed by atoms with Crippen molar-refractivity contribution in [2.45, 2.75) is 38.6 Å². The van der Waals surface area contributed by atoms with Crippen LogP contribution in [0.5, 0.6) is 0 Å². The predicted molar refractivity (Wildman–Crippen MR) is 74.7 cm³/mol. The number of aryl methyl sites for hydroxylation is 1. The van der Waals surface area contributed by atoms with Crippen LogP contribution in [0.1, 0.15) is 31.9 Å². The Balaban J connectivity index is 2.10. The quantitative estimate of drug-likeness (QED) is 0.821. The van der Waals surface area contributed by atoms with E-state index in [0.29, 0.717) is 12.0 Å². The maximum Gasteiger partial charge on any atom is 0.222 e. The molecule has 1 fully saturated rings. The van der Waals surface area contributed by atoms with Gasteiger partial charge in [0.25, 0.3) is 0 Å². The molecule has 0 bridgehead atoms. The molecule has 0 radical (unpaired) electrons. The zero-order valence-electron chi connectivity index (χ0n) is 11.3. The first-order chi connectivity index (χ1) is 8.72. The predicted octanol–water partition coefficient (Wildman–Crippen LogP) is 1.20. The largest absolute Gasteiger partial charge is 0.368 e. The summed E-state index contributed by atoms with van der Waals surface area (Å²) in [6.07, 6.45) is 4.46. The van der Waals surface area contributed by atoms with E-state index >= 15 is 0 Å². The van der Waals surface area contributed by atoms with Gasteiger partial charge in [0, 0.05) is 30.9 Å². The maximum atomic E-state index is 5.80. The lowest BCUT2D eigenvalue weighted by molar-refractivity contribution is 0.616. The third-order valence-corrected chi connectivity index (χ3v) is 3.49. The van der Waals surface area contributed by atoms with Gasteiger partial charge in [-0.2, -0.15) is 4.98 Å². The first-order valence-electron chi connectivity index (χ1n) is 6.78. The van der Waals surface area contributed by atoms with Crippen molar-refractivity contribution in [2.75, 3.05) is 30.8 Å². The molecule has 1 aromatic heterocycles. The van der Waals surface area contributed by atoms with Gasteiger partial charge in [-0.1, -0.05) is 13.3 Å². The molecule has 1 aromatic rings. The van der Waals surface area contributed by atoms with Gasteiger partial charge in [-0.3, -0.25) is 0 Å². The number of nitrogens with two attached hydrogens (primary N) is 1. The highest BCUT2D eigenvalue weighted by Crippen LogP contribution is 2.20. The fraction of sp³-hybridized carbons (Fsp3) is 0.692. The maximum absolute atomic E-state index is 5.80. The molecule has 1 saturated heterocycles. The molecule has 1 aliphatic heterocycles. The molecule has 2 heterocycles. The van der Waals surface area contributed by atoms with Crippen LogP contribution in [-0.2, 0) is 6.42 Å². The van der Waals surface area contributed by atoms with E-state index < -0.39 is 0 Å². The first kappa shape index (κ1) is 13.1. The summed E-state index contributed by atoms with van der Waals surface area (Å²) in [6.45, 7) is 4.22. The number of nitrogen functional groups attached to an aromatic ring is 1. The van der Waals surface area contributed by atoms with Crippen molar-refractivity contribution in [3.63, 3.8) is 0 Å². The number of nitrogens with zero attached hydrogens (tertiary/aromatic N) is 3. The number of hydrogen-bond acceptors (Lipinski definition) is 5. The summed E-state index contributed by atoms with van der Waals surface area (Å²) >= 11 is 0. The van der Waals surface area contributed by atoms with E-state index in [1.54, 1.807) is 0 Å². The van der Waals surface area contributed by atoms with E-state index in [9.17, 15) is 0 Å². The van der Waals surface area contributed by atoms with Crippen LogP contribution in [-0.4, -0.2) is 36.1 Å². The van der Waals surface area contributed by atoms with E-state index in [2.05, 4.69) is 33.2 Å². The standard InChI is InChI=1S/C13H23N5/c1-3-4-5-10-8-12(17-13(14)16-10)18-7-6-11(9-18)15-2/h8,11,15H,3-7,9H2,1-2H3,(H2,14,16,17)/t11-/m1/s1. The molecule has 2 rings (SSSR count). The van der Waals surface area contributed by atoms with Crippen LogP contribution in [0.2, 0.25) is 0 Å². The first-order valence-corrected chi connectivity index (χ1v) is 6.78. The summed E-state index contributed by atoms with van der Waals surface area (Å²) in [5.41, 5.74) is 6.86. The number of likely N-dealkylation sites (N-methyl/N-ethyl adjacent to an activating group) is 1. The van der Waals surface area contributed by atoms with Gasteiger partial charge in [0.05, 0.1) is 0 Å². The second-order valence-electron chi connectivity index (χ2n) is 4.90. The van der Waals surface area contributed by atoms with Gasteiger partial charge in [0.15, 0.2) is 0 Å². The highest BCUT2D eigenvalue weighted by Gasteiger charge is 2.22. The van der Waals surface area contributed by atoms with E-state index in [4.69, 9.17) is 5.73 Å². The summed E-state index contributed by atoms with van der Waals surface area (Å²) in [7, 11) is 2.01. The molecule has 1 aliphatic rings. The summed E-state index contributed by atoms with van der Waals surface area (Å²) in [5, 5.41) is 3.31. The zero-order valence-corrected chi connectivity index (χ0v) is 11.3. The lowest BCUT2D eigenvalue weighted by Crippen LogP contribution is -2.30. The molecule has 3 N–H and O–H groups in total. The number of aromatic nitrogens is 2. The molecule has 0 spiro atoms. The van der Waals surface area contributed by atoms with Gasteiger partial charge in [0.2, 0.25) is 5.95 Å². The van der Waals surface area contributed by atoms with Crippen molar-refractivity contribution in [3.8, 4) is 0 Å². The number of anilines is 2. The van der Waals surface area contributed by atoms with E-state index in [-0.39, 0.29) is 0 Å². The number of unbranched alkanes of at least 4 members (excludes halogenated alkanes) is 1. The van der Waals surface area contributed by atoms with E-state index in [0.717, 1.165) is 43.9 Å². The molecule has 5 heteroatoms. The second-order valence-corrected chi connectivity index (χ2v) is 4.90. The molecule has 0 aliphatic carbocycles. The van der Waals surface area contributed by atoms with E-state index in [1.165, 1.54) is 6.42 Å². The van der Waals surface area contributed by atoms with Crippen LogP contribution in [0.4, 0.5) is 11.8 Å². The summed E-state index contributed by atoms with van der Waals surface area (Å²) < 4.78 is 0. The Morgan fingerprint density at radius 1 is 1.50 bits per heavy atom. The normalized spacial score (nSPS) is 19.4. The molecule has 100 valence electrons. The second kappa shape index (κ2) is 6.00. The Hall–Kier alpha value is -1.36. The molecule has 0 amide bonds. The average molecular weight is 249 g/mol. The minimum atomic E-state index is 0.395. The smallest absolute Gasteiger partial charge is 0.222 e. The topological polar surface area (TPSA) is 67.1 Å². The van der Waals surface area contributed by atoms with Crippen molar-refractivity contribution in [2.24, 2.45) is 0 Å². The number of nitrogens with one attached hydrogen (secondary N) is 1. The fourth-order valence-electron chi connectivity index (χ4n) is 2.36.